The second-order valence-corrected chi connectivity index (χ2v) is 10.6. The Balaban J connectivity index is -0.0000000186. The van der Waals surface area contributed by atoms with Gasteiger partial charge in [-0.25, -0.2) is 0 Å². The van der Waals surface area contributed by atoms with Gasteiger partial charge in [0.25, 0.3) is 0 Å². The van der Waals surface area contributed by atoms with E-state index in [9.17, 15) is 39.5 Å². The third-order valence-electron chi connectivity index (χ3n) is 2.66. The molecular weight excluding hydrogens is 1590 g/mol. The molecule has 45 heavy (non-hydrogen) atoms. The minimum atomic E-state index is -3.98. The molecule has 0 heterocycles. The molecule has 0 aromatic heterocycles. The first-order valence-electron chi connectivity index (χ1n) is 9.87. The predicted octanol–water partition coefficient (Wildman–Crippen LogP) is 7.56. The van der Waals surface area contributed by atoms with Crippen LogP contribution in [-0.2, 0) is 380 Å². The third-order valence-corrected chi connectivity index (χ3v) is 5.22. The van der Waals surface area contributed by atoms with Crippen LogP contribution < -0.4 is 0 Å². The van der Waals surface area contributed by atoms with Gasteiger partial charge in [-0.2, -0.15) is 39.5 Å². The summed E-state index contributed by atoms with van der Waals surface area (Å²) in [6.07, 6.45) is -13.0. The van der Waals surface area contributed by atoms with Gasteiger partial charge in [-0.1, -0.05) is 37.8 Å². The minimum Gasteiger partial charge on any atom is 0 e. The van der Waals surface area contributed by atoms with E-state index in [1.54, 1.807) is 0 Å². The zero-order chi connectivity index (χ0) is 34.1. The van der Waals surface area contributed by atoms with Gasteiger partial charge >= 0.3 is 216 Å². The fourth-order valence-electron chi connectivity index (χ4n) is 1.40. The van der Waals surface area contributed by atoms with E-state index in [4.69, 9.17) is 13.7 Å². The topological polar surface area (TPSA) is 143 Å². The summed E-state index contributed by atoms with van der Waals surface area (Å²) in [5.41, 5.74) is 0. The smallest absolute Gasteiger partial charge is 0 e. The largest absolute Gasteiger partial charge is 0 e. The molecule has 0 saturated carbocycles. The maximum absolute atomic E-state index is 11.5. The molecule has 228 valence electrons. The number of alkyl halides is 9. The Bertz CT molecular complexity index is 541. The van der Waals surface area contributed by atoms with Crippen LogP contribution in [0, 0.1) is 13.7 Å². The summed E-state index contributed by atoms with van der Waals surface area (Å²) in [7, 11) is 3.13. The first-order valence-corrected chi connectivity index (χ1v) is 22.6. The van der Waals surface area contributed by atoms with E-state index in [-0.39, 0.29) is 203 Å². The number of nitrogens with zero attached hydrogens (tertiary/aromatic N) is 6. The maximum atomic E-state index is 11.5. The summed E-state index contributed by atoms with van der Waals surface area (Å²) in [6, 6.07) is 1.89. The van der Waals surface area contributed by atoms with Gasteiger partial charge in [-0.15, -0.1) is 0 Å². The third kappa shape index (κ3) is 182. The van der Waals surface area contributed by atoms with Crippen molar-refractivity contribution in [1.29, 1.82) is 13.7 Å². The van der Waals surface area contributed by atoms with Crippen molar-refractivity contribution in [3.63, 3.8) is 0 Å². The van der Waals surface area contributed by atoms with E-state index in [1.807, 2.05) is 19.6 Å². The van der Waals surface area contributed by atoms with Crippen molar-refractivity contribution in [1.82, 2.24) is 0 Å². The van der Waals surface area contributed by atoms with Crippen molar-refractivity contribution in [3.05, 3.63) is 0 Å². The summed E-state index contributed by atoms with van der Waals surface area (Å²) in [5, 5.41) is 0. The Labute approximate surface area is 541 Å². The van der Waals surface area contributed by atoms with Gasteiger partial charge in [-0.3, -0.25) is 0 Å². The molecule has 6 nitrogen and oxygen atoms in total. The molecule has 0 bridgehead atoms. The van der Waals surface area contributed by atoms with Crippen LogP contribution in [0.3, 0.4) is 0 Å². The van der Waals surface area contributed by atoms with Gasteiger partial charge in [0.05, 0.1) is 0 Å². The normalized spacial score (nSPS) is 8.00. The molecule has 0 unspecified atom stereocenters. The van der Waals surface area contributed by atoms with Crippen molar-refractivity contribution in [2.24, 2.45) is 0 Å². The van der Waals surface area contributed by atoms with E-state index in [1.165, 1.54) is 0 Å². The second kappa shape index (κ2) is 91.3. The van der Waals surface area contributed by atoms with Gasteiger partial charge in [0.2, 0.25) is 0 Å². The fourth-order valence-corrected chi connectivity index (χ4v) is 2.99. The van der Waals surface area contributed by atoms with Crippen LogP contribution in [0.5, 0.6) is 0 Å². The molecule has 0 aliphatic heterocycles. The van der Waals surface area contributed by atoms with Crippen LogP contribution in [0.2, 0.25) is 37.8 Å². The van der Waals surface area contributed by atoms with Crippen LogP contribution in [0.4, 0.5) is 39.5 Å². The quantitative estimate of drug-likeness (QED) is 0.140. The van der Waals surface area contributed by atoms with Gasteiger partial charge in [0.15, 0.2) is 0 Å². The molecule has 30 heteroatoms. The van der Waals surface area contributed by atoms with Crippen LogP contribution in [-0.4, -0.2) is 47.1 Å². The molecule has 0 atom stereocenters. The van der Waals surface area contributed by atoms with Crippen LogP contribution >= 0.6 is 0 Å². The van der Waals surface area contributed by atoms with Crippen molar-refractivity contribution in [2.45, 2.75) is 94.8 Å². The molecule has 0 aliphatic carbocycles. The molecular formula is C15H27F9N6Si3Y12. The predicted molar refractivity (Wildman–Crippen MR) is 105 cm³/mol. The summed E-state index contributed by atoms with van der Waals surface area (Å²) < 4.78 is 145. The zero-order valence-electron chi connectivity index (χ0n) is 25.4. The molecule has 0 spiro atoms. The SMILES string of the molecule is C[Si](C)CCCC(F)(F)F.C[Si]CCCC(F)(F)F.FC(F)(F)CCC[Si].[N]#[Y].[N]#[Y].[N]#[Y].[N]#[Y].[N]#[Y].[N]#[Y].[Y].[Y].[Y].[Y].[Y].[Y]. The fraction of sp³-hybridized carbons (Fsp3) is 1.00. The van der Waals surface area contributed by atoms with Crippen LogP contribution in [0.25, 0.3) is 0 Å². The molecule has 0 aromatic carbocycles. The van der Waals surface area contributed by atoms with E-state index >= 15 is 0 Å². The van der Waals surface area contributed by atoms with E-state index in [0.29, 0.717) is 218 Å². The summed E-state index contributed by atoms with van der Waals surface area (Å²) in [4.78, 5) is 0. The first-order chi connectivity index (χ1) is 18.0. The number of halogens is 9. The average Bonchev–Trinajstić information content (AvgIpc) is 2.89. The van der Waals surface area contributed by atoms with Crippen molar-refractivity contribution < 1.29 is 419 Å². The van der Waals surface area contributed by atoms with Crippen LogP contribution in [0.1, 0.15) is 38.5 Å². The van der Waals surface area contributed by atoms with Crippen LogP contribution in [0.15, 0.2) is 0 Å². The van der Waals surface area contributed by atoms with Gasteiger partial charge < -0.3 is 0 Å². The second-order valence-electron chi connectivity index (χ2n) is 5.97. The standard InChI is InChI=1S/C6H12F3Si.C5H9F3Si.C4H6F3Si.6N.12Y/c1-10(2)5-3-4-6(7,8)9;1-9-4-2-3-5(6,7)8;5-4(6,7)2-1-3-8;;;;;;;;;;;;;;;;;;/h3-5H2,1-2H3;2-4H2,1H3;1-3H2;;;;;;;;;;;;;;;;;;. The Morgan fingerprint density at radius 2 is 0.733 bits per heavy atom. The Morgan fingerprint density at radius 3 is 0.889 bits per heavy atom. The monoisotopic (exact) mass is 1610 g/mol. The number of hydrogen-bond acceptors (Lipinski definition) is 6. The molecule has 0 fully saturated rings. The summed E-state index contributed by atoms with van der Waals surface area (Å²) in [6.45, 7) is 5.97. The minimum absolute atomic E-state index is 0. The molecule has 0 rings (SSSR count). The van der Waals surface area contributed by atoms with Gasteiger partial charge in [-0.05, 0) is 19.3 Å². The summed E-state index contributed by atoms with van der Waals surface area (Å²) >= 11 is 2.10. The van der Waals surface area contributed by atoms with Crippen molar-refractivity contribution in [2.75, 3.05) is 0 Å². The maximum Gasteiger partial charge on any atom is 0 e. The Kier molecular flexibility index (Phi) is 205. The van der Waals surface area contributed by atoms with Gasteiger partial charge in [0.1, 0.15) is 0 Å². The average molecular weight is 1610 g/mol. The molecule has 0 aliphatic rings. The molecule has 0 N–H and O–H groups in total. The Hall–Kier alpha value is 11.5. The Morgan fingerprint density at radius 1 is 0.511 bits per heavy atom. The van der Waals surface area contributed by atoms with E-state index in [2.05, 4.69) is 10.2 Å². The molecule has 0 aromatic rings. The summed E-state index contributed by atoms with van der Waals surface area (Å²) in [5.74, 6) is 0. The molecule has 0 saturated heterocycles. The number of hydrogen-bond donors (Lipinski definition) is 0. The molecule has 12 radical (unpaired) electrons. The molecule has 0 amide bonds. The van der Waals surface area contributed by atoms with E-state index < -0.39 is 46.6 Å². The number of rotatable bonds is 8. The van der Waals surface area contributed by atoms with Crippen molar-refractivity contribution in [3.8, 4) is 0 Å². The van der Waals surface area contributed by atoms with Gasteiger partial charge in [0, 0.05) is 244 Å². The first kappa shape index (κ1) is 101. The van der Waals surface area contributed by atoms with Crippen molar-refractivity contribution >= 4 is 28.6 Å². The van der Waals surface area contributed by atoms with E-state index in [0.717, 1.165) is 6.04 Å². The zero-order valence-corrected chi connectivity index (χ0v) is 62.4.